The zero-order valence-electron chi connectivity index (χ0n) is 9.49. The fraction of sp³-hybridized carbons (Fsp3) is 0.545. The summed E-state index contributed by atoms with van der Waals surface area (Å²) >= 11 is 0. The van der Waals surface area contributed by atoms with Crippen LogP contribution in [0.1, 0.15) is 30.3 Å². The number of esters is 1. The van der Waals surface area contributed by atoms with Crippen LogP contribution in [0, 0.1) is 5.41 Å². The van der Waals surface area contributed by atoms with Gasteiger partial charge in [0.25, 0.3) is 0 Å². The normalized spacial score (nSPS) is 16.6. The Labute approximate surface area is 94.2 Å². The highest BCUT2D eigenvalue weighted by Gasteiger charge is 2.36. The molecule has 1 aliphatic rings. The molecule has 0 amide bonds. The van der Waals surface area contributed by atoms with Crippen LogP contribution in [-0.4, -0.2) is 29.6 Å². The Kier molecular flexibility index (Phi) is 2.77. The molecule has 0 radical (unpaired) electrons. The number of carbonyl (C=O) groups excluding carboxylic acids is 1. The molecule has 5 nitrogen and oxygen atoms in total. The number of ether oxygens (including phenoxy) is 1. The number of hydrogen-bond acceptors (Lipinski definition) is 5. The summed E-state index contributed by atoms with van der Waals surface area (Å²) in [6, 6.07) is 0. The molecular formula is C11H15N3O2. The Morgan fingerprint density at radius 1 is 1.50 bits per heavy atom. The van der Waals surface area contributed by atoms with E-state index in [2.05, 4.69) is 26.9 Å². The van der Waals surface area contributed by atoms with Crippen LogP contribution in [0.5, 0.6) is 0 Å². The molecule has 1 N–H and O–H groups in total. The van der Waals surface area contributed by atoms with E-state index in [0.717, 1.165) is 6.54 Å². The van der Waals surface area contributed by atoms with Gasteiger partial charge in [0.05, 0.1) is 19.5 Å². The molecule has 1 aliphatic carbocycles. The van der Waals surface area contributed by atoms with E-state index in [1.165, 1.54) is 26.1 Å². The number of hydrogen-bond donors (Lipinski definition) is 1. The Bertz CT molecular complexity index is 385. The second kappa shape index (κ2) is 4.08. The van der Waals surface area contributed by atoms with E-state index >= 15 is 0 Å². The molecule has 0 saturated heterocycles. The van der Waals surface area contributed by atoms with Crippen LogP contribution < -0.4 is 5.32 Å². The van der Waals surface area contributed by atoms with Gasteiger partial charge in [0.1, 0.15) is 5.82 Å². The van der Waals surface area contributed by atoms with Crippen molar-refractivity contribution < 1.29 is 9.53 Å². The first-order valence-electron chi connectivity index (χ1n) is 5.27. The Morgan fingerprint density at radius 2 is 2.25 bits per heavy atom. The van der Waals surface area contributed by atoms with Gasteiger partial charge >= 0.3 is 5.97 Å². The molecule has 16 heavy (non-hydrogen) atoms. The van der Waals surface area contributed by atoms with Crippen LogP contribution in [0.2, 0.25) is 0 Å². The predicted octanol–water partition coefficient (Wildman–Crippen LogP) is 1.48. The van der Waals surface area contributed by atoms with Crippen LogP contribution in [0.3, 0.4) is 0 Å². The van der Waals surface area contributed by atoms with Crippen LogP contribution in [0.25, 0.3) is 0 Å². The van der Waals surface area contributed by atoms with E-state index in [0.29, 0.717) is 11.2 Å². The summed E-state index contributed by atoms with van der Waals surface area (Å²) in [7, 11) is 1.32. The van der Waals surface area contributed by atoms with Crippen molar-refractivity contribution in [1.82, 2.24) is 9.97 Å². The molecule has 0 aliphatic heterocycles. The highest BCUT2D eigenvalue weighted by molar-refractivity contribution is 5.86. The Morgan fingerprint density at radius 3 is 2.75 bits per heavy atom. The molecule has 0 aromatic carbocycles. The summed E-state index contributed by atoms with van der Waals surface area (Å²) in [5.41, 5.74) is 0.647. The third kappa shape index (κ3) is 2.48. The topological polar surface area (TPSA) is 64.1 Å². The van der Waals surface area contributed by atoms with E-state index in [1.807, 2.05) is 0 Å². The maximum absolute atomic E-state index is 11.1. The van der Waals surface area contributed by atoms with Crippen molar-refractivity contribution in [2.24, 2.45) is 5.41 Å². The largest absolute Gasteiger partial charge is 0.464 e. The van der Waals surface area contributed by atoms with Crippen LogP contribution in [0.15, 0.2) is 12.4 Å². The fourth-order valence-electron chi connectivity index (χ4n) is 1.32. The van der Waals surface area contributed by atoms with E-state index in [9.17, 15) is 4.79 Å². The number of carbonyl (C=O) groups is 1. The first kappa shape index (κ1) is 10.9. The summed E-state index contributed by atoms with van der Waals surface area (Å²) in [5, 5.41) is 3.21. The summed E-state index contributed by atoms with van der Waals surface area (Å²) < 4.78 is 4.54. The zero-order chi connectivity index (χ0) is 11.6. The maximum Gasteiger partial charge on any atom is 0.358 e. The second-order valence-electron chi connectivity index (χ2n) is 4.44. The van der Waals surface area contributed by atoms with E-state index in [1.54, 1.807) is 6.20 Å². The van der Waals surface area contributed by atoms with Crippen molar-refractivity contribution >= 4 is 11.8 Å². The van der Waals surface area contributed by atoms with Crippen molar-refractivity contribution in [2.45, 2.75) is 19.8 Å². The fourth-order valence-corrected chi connectivity index (χ4v) is 1.32. The molecule has 1 fully saturated rings. The molecule has 1 aromatic rings. The van der Waals surface area contributed by atoms with Crippen molar-refractivity contribution in [3.05, 3.63) is 18.1 Å². The molecule has 5 heteroatoms. The van der Waals surface area contributed by atoms with Crippen LogP contribution in [-0.2, 0) is 4.74 Å². The standard InChI is InChI=1S/C11H15N3O2/c1-11(3-4-11)7-14-9-6-12-8(5-13-9)10(15)16-2/h5-6H,3-4,7H2,1-2H3,(H,13,14). The van der Waals surface area contributed by atoms with Gasteiger partial charge in [-0.2, -0.15) is 0 Å². The molecule has 0 atom stereocenters. The minimum Gasteiger partial charge on any atom is -0.464 e. The quantitative estimate of drug-likeness (QED) is 0.780. The number of nitrogens with zero attached hydrogens (tertiary/aromatic N) is 2. The molecule has 0 spiro atoms. The third-order valence-corrected chi connectivity index (χ3v) is 2.85. The average Bonchev–Trinajstić information content (AvgIpc) is 3.05. The van der Waals surface area contributed by atoms with Gasteiger partial charge in [-0.1, -0.05) is 6.92 Å². The molecule has 1 saturated carbocycles. The van der Waals surface area contributed by atoms with E-state index in [-0.39, 0.29) is 5.69 Å². The van der Waals surface area contributed by atoms with Crippen molar-refractivity contribution in [1.29, 1.82) is 0 Å². The first-order chi connectivity index (χ1) is 7.63. The lowest BCUT2D eigenvalue weighted by Crippen LogP contribution is -2.13. The summed E-state index contributed by atoms with van der Waals surface area (Å²) in [5.74, 6) is 0.231. The lowest BCUT2D eigenvalue weighted by Gasteiger charge is -2.10. The molecule has 0 unspecified atom stereocenters. The average molecular weight is 221 g/mol. The summed E-state index contributed by atoms with van der Waals surface area (Å²) in [6.45, 7) is 3.13. The lowest BCUT2D eigenvalue weighted by atomic mass is 10.1. The van der Waals surface area contributed by atoms with Gasteiger partial charge in [0.15, 0.2) is 5.69 Å². The monoisotopic (exact) mass is 221 g/mol. The number of anilines is 1. The minimum absolute atomic E-state index is 0.227. The Balaban J connectivity index is 1.93. The number of methoxy groups -OCH3 is 1. The van der Waals surface area contributed by atoms with Crippen LogP contribution >= 0.6 is 0 Å². The van der Waals surface area contributed by atoms with Crippen molar-refractivity contribution in [2.75, 3.05) is 19.0 Å². The molecule has 1 aromatic heterocycles. The predicted molar refractivity (Wildman–Crippen MR) is 59.2 cm³/mol. The van der Waals surface area contributed by atoms with Gasteiger partial charge in [0, 0.05) is 6.54 Å². The van der Waals surface area contributed by atoms with Crippen molar-refractivity contribution in [3.63, 3.8) is 0 Å². The number of nitrogens with one attached hydrogen (secondary N) is 1. The van der Waals surface area contributed by atoms with Gasteiger partial charge in [-0.15, -0.1) is 0 Å². The molecular weight excluding hydrogens is 206 g/mol. The number of aromatic nitrogens is 2. The van der Waals surface area contributed by atoms with Gasteiger partial charge in [-0.3, -0.25) is 0 Å². The molecule has 0 bridgehead atoms. The molecule has 1 heterocycles. The van der Waals surface area contributed by atoms with Gasteiger partial charge in [-0.25, -0.2) is 14.8 Å². The van der Waals surface area contributed by atoms with E-state index in [4.69, 9.17) is 0 Å². The molecule has 2 rings (SSSR count). The number of rotatable bonds is 4. The SMILES string of the molecule is COC(=O)c1cnc(NCC2(C)CC2)cn1. The molecule has 86 valence electrons. The summed E-state index contributed by atoms with van der Waals surface area (Å²) in [4.78, 5) is 19.2. The smallest absolute Gasteiger partial charge is 0.358 e. The van der Waals surface area contributed by atoms with Crippen molar-refractivity contribution in [3.8, 4) is 0 Å². The zero-order valence-corrected chi connectivity index (χ0v) is 9.49. The highest BCUT2D eigenvalue weighted by Crippen LogP contribution is 2.44. The highest BCUT2D eigenvalue weighted by atomic mass is 16.5. The third-order valence-electron chi connectivity index (χ3n) is 2.85. The second-order valence-corrected chi connectivity index (χ2v) is 4.44. The van der Waals surface area contributed by atoms with Crippen LogP contribution in [0.4, 0.5) is 5.82 Å². The minimum atomic E-state index is -0.465. The Hall–Kier alpha value is -1.65. The first-order valence-corrected chi connectivity index (χ1v) is 5.27. The van der Waals surface area contributed by atoms with Gasteiger partial charge < -0.3 is 10.1 Å². The lowest BCUT2D eigenvalue weighted by molar-refractivity contribution is 0.0593. The van der Waals surface area contributed by atoms with E-state index < -0.39 is 5.97 Å². The van der Waals surface area contributed by atoms with Gasteiger partial charge in [-0.05, 0) is 18.3 Å². The maximum atomic E-state index is 11.1. The summed E-state index contributed by atoms with van der Waals surface area (Å²) in [6.07, 6.45) is 5.49. The van der Waals surface area contributed by atoms with Gasteiger partial charge in [0.2, 0.25) is 0 Å².